The van der Waals surface area contributed by atoms with Gasteiger partial charge in [0.2, 0.25) is 5.91 Å². The van der Waals surface area contributed by atoms with E-state index in [2.05, 4.69) is 12.2 Å². The highest BCUT2D eigenvalue weighted by molar-refractivity contribution is 6.30. The van der Waals surface area contributed by atoms with Crippen LogP contribution in [-0.2, 0) is 17.8 Å². The lowest BCUT2D eigenvalue weighted by Crippen LogP contribution is -2.43. The van der Waals surface area contributed by atoms with E-state index in [1.165, 1.54) is 6.42 Å². The molecule has 0 spiro atoms. The Morgan fingerprint density at radius 1 is 1.13 bits per heavy atom. The van der Waals surface area contributed by atoms with E-state index in [0.717, 1.165) is 36.2 Å². The zero-order valence-corrected chi connectivity index (χ0v) is 18.4. The summed E-state index contributed by atoms with van der Waals surface area (Å²) in [6, 6.07) is 14.9. The Labute approximate surface area is 187 Å². The number of para-hydroxylation sites is 2. The van der Waals surface area contributed by atoms with Gasteiger partial charge in [-0.05, 0) is 62.6 Å². The predicted molar refractivity (Wildman–Crippen MR) is 122 cm³/mol. The van der Waals surface area contributed by atoms with Gasteiger partial charge in [0.15, 0.2) is 0 Å². The van der Waals surface area contributed by atoms with Crippen LogP contribution in [0.25, 0.3) is 11.0 Å². The van der Waals surface area contributed by atoms with Crippen molar-refractivity contribution in [3.05, 3.63) is 64.9 Å². The molecule has 0 radical (unpaired) electrons. The molecule has 1 aliphatic heterocycles. The summed E-state index contributed by atoms with van der Waals surface area (Å²) in [4.78, 5) is 32.2. The van der Waals surface area contributed by atoms with Crippen LogP contribution < -0.4 is 5.32 Å². The lowest BCUT2D eigenvalue weighted by Gasteiger charge is -2.33. The summed E-state index contributed by atoms with van der Waals surface area (Å²) in [5, 5.41) is 3.53. The minimum Gasteiger partial charge on any atom is -0.352 e. The summed E-state index contributed by atoms with van der Waals surface area (Å²) in [5.74, 6) is 0.773. The van der Waals surface area contributed by atoms with Crippen LogP contribution in [0.2, 0.25) is 5.02 Å². The average molecular weight is 439 g/mol. The number of halogens is 1. The second-order valence-electron chi connectivity index (χ2n) is 8.05. The summed E-state index contributed by atoms with van der Waals surface area (Å²) in [5.41, 5.74) is 2.37. The number of amides is 2. The normalized spacial score (nSPS) is 16.5. The van der Waals surface area contributed by atoms with E-state index in [0.29, 0.717) is 23.6 Å². The third-order valence-electron chi connectivity index (χ3n) is 5.89. The molecule has 2 amide bonds. The molecule has 2 heterocycles. The molecule has 2 aromatic carbocycles. The van der Waals surface area contributed by atoms with E-state index in [4.69, 9.17) is 16.6 Å². The van der Waals surface area contributed by atoms with Crippen molar-refractivity contribution >= 4 is 34.4 Å². The Kier molecular flexibility index (Phi) is 6.56. The van der Waals surface area contributed by atoms with Gasteiger partial charge in [0.25, 0.3) is 5.91 Å². The number of aromatic nitrogens is 2. The van der Waals surface area contributed by atoms with E-state index in [9.17, 15) is 9.59 Å². The minimum absolute atomic E-state index is 0.127. The van der Waals surface area contributed by atoms with Crippen molar-refractivity contribution in [1.82, 2.24) is 19.8 Å². The van der Waals surface area contributed by atoms with Gasteiger partial charge in [-0.15, -0.1) is 0 Å². The molecule has 1 N–H and O–H groups in total. The summed E-state index contributed by atoms with van der Waals surface area (Å²) in [6.07, 6.45) is 3.83. The fourth-order valence-electron chi connectivity index (χ4n) is 4.18. The van der Waals surface area contributed by atoms with E-state index < -0.39 is 0 Å². The van der Waals surface area contributed by atoms with Crippen LogP contribution >= 0.6 is 11.6 Å². The van der Waals surface area contributed by atoms with Crippen LogP contribution in [-0.4, -0.2) is 45.4 Å². The molecule has 1 atom stereocenters. The van der Waals surface area contributed by atoms with E-state index in [1.54, 1.807) is 24.3 Å². The monoisotopic (exact) mass is 438 g/mol. The Hall–Kier alpha value is -2.86. The van der Waals surface area contributed by atoms with Crippen LogP contribution in [0.1, 0.15) is 42.4 Å². The van der Waals surface area contributed by atoms with Crippen LogP contribution in [0, 0.1) is 0 Å². The van der Waals surface area contributed by atoms with Gasteiger partial charge in [-0.25, -0.2) is 4.98 Å². The Morgan fingerprint density at radius 2 is 1.90 bits per heavy atom. The zero-order chi connectivity index (χ0) is 21.8. The molecule has 4 rings (SSSR count). The van der Waals surface area contributed by atoms with Crippen molar-refractivity contribution < 1.29 is 9.59 Å². The highest BCUT2D eigenvalue weighted by Crippen LogP contribution is 2.20. The van der Waals surface area contributed by atoms with Gasteiger partial charge in [-0.3, -0.25) is 9.59 Å². The topological polar surface area (TPSA) is 67.2 Å². The minimum atomic E-state index is -0.155. The molecule has 162 valence electrons. The maximum atomic E-state index is 13.1. The summed E-state index contributed by atoms with van der Waals surface area (Å²) in [7, 11) is 0. The molecule has 1 unspecified atom stereocenters. The van der Waals surface area contributed by atoms with Crippen LogP contribution in [0.3, 0.4) is 0 Å². The first-order valence-electron chi connectivity index (χ1n) is 10.8. The molecular weight excluding hydrogens is 412 g/mol. The second kappa shape index (κ2) is 9.52. The molecule has 0 aliphatic carbocycles. The molecule has 3 aromatic rings. The number of nitrogens with one attached hydrogen (secondary N) is 1. The maximum Gasteiger partial charge on any atom is 0.251 e. The van der Waals surface area contributed by atoms with Crippen LogP contribution in [0.4, 0.5) is 0 Å². The Bertz CT molecular complexity index is 1080. The molecule has 1 fully saturated rings. The zero-order valence-electron chi connectivity index (χ0n) is 17.7. The molecule has 0 bridgehead atoms. The number of likely N-dealkylation sites (tertiary alicyclic amines) is 1. The Morgan fingerprint density at radius 3 is 2.68 bits per heavy atom. The van der Waals surface area contributed by atoms with Gasteiger partial charge in [0.1, 0.15) is 12.4 Å². The molecular formula is C24H27ClN4O2. The van der Waals surface area contributed by atoms with Gasteiger partial charge in [-0.1, -0.05) is 23.7 Å². The maximum absolute atomic E-state index is 13.1. The lowest BCUT2D eigenvalue weighted by molar-refractivity contribution is -0.135. The van der Waals surface area contributed by atoms with Crippen molar-refractivity contribution in [1.29, 1.82) is 0 Å². The summed E-state index contributed by atoms with van der Waals surface area (Å²) >= 11 is 5.89. The number of hydrogen-bond acceptors (Lipinski definition) is 3. The van der Waals surface area contributed by atoms with Gasteiger partial charge in [0.05, 0.1) is 11.0 Å². The van der Waals surface area contributed by atoms with Gasteiger partial charge < -0.3 is 14.8 Å². The molecule has 31 heavy (non-hydrogen) atoms. The smallest absolute Gasteiger partial charge is 0.251 e. The number of carbonyl (C=O) groups is 2. The first-order valence-corrected chi connectivity index (χ1v) is 11.2. The first kappa shape index (κ1) is 21.4. The van der Waals surface area contributed by atoms with Crippen molar-refractivity contribution in [3.63, 3.8) is 0 Å². The van der Waals surface area contributed by atoms with Gasteiger partial charge in [0, 0.05) is 36.1 Å². The fourth-order valence-corrected chi connectivity index (χ4v) is 4.30. The third kappa shape index (κ3) is 4.90. The number of nitrogens with zero attached hydrogens (tertiary/aromatic N) is 3. The van der Waals surface area contributed by atoms with E-state index in [-0.39, 0.29) is 24.4 Å². The SMILES string of the molecule is CC1CCCCN1C(=O)Cn1c(CCNC(=O)c2ccc(Cl)cc2)nc2ccccc21. The molecule has 7 heteroatoms. The number of imidazole rings is 1. The van der Waals surface area contributed by atoms with Crippen molar-refractivity contribution in [2.24, 2.45) is 0 Å². The summed E-state index contributed by atoms with van der Waals surface area (Å²) in [6.45, 7) is 3.64. The number of benzene rings is 2. The standard InChI is InChI=1S/C24H27ClN4O2/c1-17-6-4-5-15-28(17)23(30)16-29-21-8-3-2-7-20(21)27-22(29)13-14-26-24(31)18-9-11-19(25)12-10-18/h2-3,7-12,17H,4-6,13-16H2,1H3,(H,26,31). The number of piperidine rings is 1. The fraction of sp³-hybridized carbons (Fsp3) is 0.375. The molecule has 1 aromatic heterocycles. The number of hydrogen-bond donors (Lipinski definition) is 1. The molecule has 6 nitrogen and oxygen atoms in total. The molecule has 0 saturated carbocycles. The molecule has 1 saturated heterocycles. The number of rotatable bonds is 6. The summed E-state index contributed by atoms with van der Waals surface area (Å²) < 4.78 is 1.99. The molecule has 1 aliphatic rings. The van der Waals surface area contributed by atoms with E-state index in [1.807, 2.05) is 33.7 Å². The van der Waals surface area contributed by atoms with Crippen molar-refractivity contribution in [2.75, 3.05) is 13.1 Å². The van der Waals surface area contributed by atoms with Crippen LogP contribution in [0.15, 0.2) is 48.5 Å². The predicted octanol–water partition coefficient (Wildman–Crippen LogP) is 4.06. The second-order valence-corrected chi connectivity index (χ2v) is 8.48. The van der Waals surface area contributed by atoms with Crippen LogP contribution in [0.5, 0.6) is 0 Å². The average Bonchev–Trinajstić information content (AvgIpc) is 3.11. The quantitative estimate of drug-likeness (QED) is 0.631. The first-order chi connectivity index (χ1) is 15.0. The lowest BCUT2D eigenvalue weighted by atomic mass is 10.0. The van der Waals surface area contributed by atoms with Gasteiger partial charge >= 0.3 is 0 Å². The Balaban J connectivity index is 1.47. The highest BCUT2D eigenvalue weighted by atomic mass is 35.5. The van der Waals surface area contributed by atoms with Crippen molar-refractivity contribution in [3.8, 4) is 0 Å². The highest BCUT2D eigenvalue weighted by Gasteiger charge is 2.24. The number of fused-ring (bicyclic) bond motifs is 1. The van der Waals surface area contributed by atoms with E-state index >= 15 is 0 Å². The van der Waals surface area contributed by atoms with Crippen molar-refractivity contribution in [2.45, 2.75) is 45.2 Å². The largest absolute Gasteiger partial charge is 0.352 e. The third-order valence-corrected chi connectivity index (χ3v) is 6.14. The number of carbonyl (C=O) groups excluding carboxylic acids is 2. The van der Waals surface area contributed by atoms with Gasteiger partial charge in [-0.2, -0.15) is 0 Å².